The Morgan fingerprint density at radius 3 is 2.71 bits per heavy atom. The highest BCUT2D eigenvalue weighted by atomic mass is 16.5. The van der Waals surface area contributed by atoms with Gasteiger partial charge in [0.25, 0.3) is 0 Å². The summed E-state index contributed by atoms with van der Waals surface area (Å²) in [5.74, 6) is 2.72. The number of nitrogens with one attached hydrogen (secondary N) is 3. The third-order valence-corrected chi connectivity index (χ3v) is 4.31. The minimum Gasteiger partial charge on any atom is -0.494 e. The molecule has 0 atom stereocenters. The van der Waals surface area contributed by atoms with E-state index in [0.717, 1.165) is 18.7 Å². The van der Waals surface area contributed by atoms with Crippen LogP contribution in [0.5, 0.6) is 11.5 Å². The second-order valence-corrected chi connectivity index (χ2v) is 6.24. The quantitative estimate of drug-likeness (QED) is 0.559. The second-order valence-electron chi connectivity index (χ2n) is 6.24. The Morgan fingerprint density at radius 1 is 1.18 bits per heavy atom. The zero-order valence-corrected chi connectivity index (χ0v) is 15.1. The third kappa shape index (κ3) is 3.70. The number of hydrogen-bond donors (Lipinski definition) is 3. The summed E-state index contributed by atoms with van der Waals surface area (Å²) in [5.41, 5.74) is 1.71. The number of aromatic amines is 1. The van der Waals surface area contributed by atoms with Crippen LogP contribution in [0.4, 0.5) is 11.6 Å². The van der Waals surface area contributed by atoms with E-state index in [2.05, 4.69) is 35.8 Å². The molecule has 3 aromatic heterocycles. The van der Waals surface area contributed by atoms with Crippen molar-refractivity contribution in [2.45, 2.75) is 0 Å². The van der Waals surface area contributed by atoms with Crippen molar-refractivity contribution in [2.75, 3.05) is 32.1 Å². The first-order chi connectivity index (χ1) is 13.8. The maximum Gasteiger partial charge on any atom is 0.158 e. The summed E-state index contributed by atoms with van der Waals surface area (Å²) in [6, 6.07) is 3.74. The van der Waals surface area contributed by atoms with Crippen LogP contribution in [0, 0.1) is 17.2 Å². The Labute approximate surface area is 161 Å². The number of methoxy groups -OCH3 is 1. The van der Waals surface area contributed by atoms with Crippen LogP contribution in [-0.4, -0.2) is 52.0 Å². The fourth-order valence-corrected chi connectivity index (χ4v) is 2.72. The highest BCUT2D eigenvalue weighted by Gasteiger charge is 2.21. The van der Waals surface area contributed by atoms with Crippen molar-refractivity contribution in [3.63, 3.8) is 0 Å². The van der Waals surface area contributed by atoms with E-state index in [9.17, 15) is 0 Å². The molecular formula is C18H18N8O2. The van der Waals surface area contributed by atoms with Crippen molar-refractivity contribution in [3.8, 4) is 28.8 Å². The SMILES string of the molecule is COc1cncc(OCC2CNC2)c1-c1cc(Nc2cnc(C#N)cn2)n[nH]1. The Bertz CT molecular complexity index is 992. The minimum absolute atomic E-state index is 0.248. The Kier molecular flexibility index (Phi) is 4.99. The maximum atomic E-state index is 8.80. The molecular weight excluding hydrogens is 360 g/mol. The number of aromatic nitrogens is 5. The summed E-state index contributed by atoms with van der Waals surface area (Å²) in [6.07, 6.45) is 6.17. The van der Waals surface area contributed by atoms with Crippen LogP contribution < -0.4 is 20.1 Å². The van der Waals surface area contributed by atoms with Crippen molar-refractivity contribution in [1.82, 2.24) is 30.5 Å². The van der Waals surface area contributed by atoms with Crippen LogP contribution in [0.3, 0.4) is 0 Å². The van der Waals surface area contributed by atoms with Gasteiger partial charge in [-0.15, -0.1) is 0 Å². The molecule has 1 aliphatic heterocycles. The number of hydrogen-bond acceptors (Lipinski definition) is 9. The van der Waals surface area contributed by atoms with Gasteiger partial charge in [-0.3, -0.25) is 10.1 Å². The standard InChI is InChI=1S/C18H18N8O2/c1-27-14-7-21-8-15(28-10-11-4-20-5-11)18(14)13-2-16(26-25-13)24-17-9-22-12(3-19)6-23-17/h2,6-9,11,20H,4-5,10H2,1H3,(H2,23,24,25,26). The van der Waals surface area contributed by atoms with E-state index in [-0.39, 0.29) is 5.69 Å². The molecule has 0 bridgehead atoms. The molecule has 4 heterocycles. The van der Waals surface area contributed by atoms with Crippen LogP contribution in [0.15, 0.2) is 30.9 Å². The lowest BCUT2D eigenvalue weighted by molar-refractivity contribution is 0.198. The van der Waals surface area contributed by atoms with Crippen LogP contribution in [0.1, 0.15) is 5.69 Å². The van der Waals surface area contributed by atoms with Gasteiger partial charge < -0.3 is 20.1 Å². The first-order valence-corrected chi connectivity index (χ1v) is 8.67. The second kappa shape index (κ2) is 7.89. The first-order valence-electron chi connectivity index (χ1n) is 8.67. The first kappa shape index (κ1) is 17.7. The summed E-state index contributed by atoms with van der Waals surface area (Å²) in [7, 11) is 1.59. The predicted molar refractivity (Wildman–Crippen MR) is 100 cm³/mol. The molecule has 0 saturated carbocycles. The molecule has 10 heteroatoms. The lowest BCUT2D eigenvalue weighted by Crippen LogP contribution is -2.45. The average molecular weight is 378 g/mol. The van der Waals surface area contributed by atoms with E-state index < -0.39 is 0 Å². The highest BCUT2D eigenvalue weighted by Crippen LogP contribution is 2.37. The van der Waals surface area contributed by atoms with Gasteiger partial charge in [-0.1, -0.05) is 0 Å². The Morgan fingerprint density at radius 2 is 2.04 bits per heavy atom. The van der Waals surface area contributed by atoms with Gasteiger partial charge in [-0.2, -0.15) is 10.4 Å². The molecule has 1 fully saturated rings. The Balaban J connectivity index is 1.57. The molecule has 0 aliphatic carbocycles. The van der Waals surface area contributed by atoms with Gasteiger partial charge in [0.2, 0.25) is 0 Å². The molecule has 3 N–H and O–H groups in total. The smallest absolute Gasteiger partial charge is 0.158 e. The summed E-state index contributed by atoms with van der Waals surface area (Å²) < 4.78 is 11.5. The topological polar surface area (TPSA) is 134 Å². The van der Waals surface area contributed by atoms with Gasteiger partial charge in [0.1, 0.15) is 17.6 Å². The molecule has 0 radical (unpaired) electrons. The normalized spacial score (nSPS) is 13.4. The van der Waals surface area contributed by atoms with Crippen molar-refractivity contribution in [3.05, 3.63) is 36.5 Å². The van der Waals surface area contributed by atoms with Crippen molar-refractivity contribution in [1.29, 1.82) is 5.26 Å². The van der Waals surface area contributed by atoms with E-state index in [0.29, 0.717) is 41.4 Å². The summed E-state index contributed by atoms with van der Waals surface area (Å²) in [6.45, 7) is 2.52. The predicted octanol–water partition coefficient (Wildman–Crippen LogP) is 1.48. The number of pyridine rings is 1. The van der Waals surface area contributed by atoms with Crippen LogP contribution in [-0.2, 0) is 0 Å². The van der Waals surface area contributed by atoms with Gasteiger partial charge >= 0.3 is 0 Å². The molecule has 0 spiro atoms. The number of nitriles is 1. The van der Waals surface area contributed by atoms with Crippen LogP contribution >= 0.6 is 0 Å². The molecule has 0 aromatic carbocycles. The van der Waals surface area contributed by atoms with Crippen molar-refractivity contribution < 1.29 is 9.47 Å². The highest BCUT2D eigenvalue weighted by molar-refractivity contribution is 5.75. The summed E-state index contributed by atoms with van der Waals surface area (Å²) in [4.78, 5) is 12.3. The number of rotatable bonds is 7. The lowest BCUT2D eigenvalue weighted by atomic mass is 10.1. The molecule has 0 unspecified atom stereocenters. The van der Waals surface area contributed by atoms with Gasteiger partial charge in [-0.05, 0) is 0 Å². The van der Waals surface area contributed by atoms with Crippen molar-refractivity contribution >= 4 is 11.6 Å². The van der Waals surface area contributed by atoms with E-state index >= 15 is 0 Å². The van der Waals surface area contributed by atoms with Gasteiger partial charge in [-0.25, -0.2) is 9.97 Å². The summed E-state index contributed by atoms with van der Waals surface area (Å²) in [5, 5.41) is 22.3. The monoisotopic (exact) mass is 378 g/mol. The Hall–Kier alpha value is -3.71. The third-order valence-electron chi connectivity index (χ3n) is 4.31. The number of nitrogens with zero attached hydrogens (tertiary/aromatic N) is 5. The lowest BCUT2D eigenvalue weighted by Gasteiger charge is -2.27. The van der Waals surface area contributed by atoms with E-state index in [1.165, 1.54) is 12.4 Å². The zero-order valence-electron chi connectivity index (χ0n) is 15.1. The molecule has 3 aromatic rings. The average Bonchev–Trinajstić information content (AvgIpc) is 3.15. The number of anilines is 2. The molecule has 1 saturated heterocycles. The molecule has 0 amide bonds. The van der Waals surface area contributed by atoms with Crippen LogP contribution in [0.25, 0.3) is 11.3 Å². The molecule has 28 heavy (non-hydrogen) atoms. The van der Waals surface area contributed by atoms with E-state index in [1.54, 1.807) is 19.5 Å². The van der Waals surface area contributed by atoms with E-state index in [1.807, 2.05) is 12.1 Å². The minimum atomic E-state index is 0.248. The fraction of sp³-hybridized carbons (Fsp3) is 0.278. The number of H-pyrrole nitrogens is 1. The van der Waals surface area contributed by atoms with Gasteiger partial charge in [0.15, 0.2) is 17.3 Å². The van der Waals surface area contributed by atoms with Crippen molar-refractivity contribution in [2.24, 2.45) is 5.92 Å². The van der Waals surface area contributed by atoms with Gasteiger partial charge in [0.05, 0.1) is 49.8 Å². The molecule has 1 aliphatic rings. The fourth-order valence-electron chi connectivity index (χ4n) is 2.72. The van der Waals surface area contributed by atoms with Gasteiger partial charge in [0, 0.05) is 25.1 Å². The zero-order chi connectivity index (χ0) is 19.3. The molecule has 4 rings (SSSR count). The largest absolute Gasteiger partial charge is 0.494 e. The van der Waals surface area contributed by atoms with Crippen LogP contribution in [0.2, 0.25) is 0 Å². The van der Waals surface area contributed by atoms with E-state index in [4.69, 9.17) is 14.7 Å². The molecule has 10 nitrogen and oxygen atoms in total. The number of ether oxygens (including phenoxy) is 2. The summed E-state index contributed by atoms with van der Waals surface area (Å²) >= 11 is 0. The molecule has 142 valence electrons. The maximum absolute atomic E-state index is 8.80.